The van der Waals surface area contributed by atoms with Gasteiger partial charge in [0.1, 0.15) is 0 Å². The molecule has 4 heteroatoms. The SMILES string of the molecule is CC(C)(CCN1CCOCC1)N1CCNCC1. The van der Waals surface area contributed by atoms with Crippen molar-refractivity contribution in [2.45, 2.75) is 25.8 Å². The van der Waals surface area contributed by atoms with E-state index in [0.717, 1.165) is 39.4 Å². The van der Waals surface area contributed by atoms with E-state index in [9.17, 15) is 0 Å². The summed E-state index contributed by atoms with van der Waals surface area (Å²) in [6, 6.07) is 0. The van der Waals surface area contributed by atoms with Crippen molar-refractivity contribution in [1.82, 2.24) is 15.1 Å². The van der Waals surface area contributed by atoms with Crippen LogP contribution in [0.2, 0.25) is 0 Å². The van der Waals surface area contributed by atoms with Crippen LogP contribution in [0.25, 0.3) is 0 Å². The number of rotatable bonds is 4. The summed E-state index contributed by atoms with van der Waals surface area (Å²) < 4.78 is 5.39. The first-order chi connectivity index (χ1) is 8.18. The topological polar surface area (TPSA) is 27.7 Å². The van der Waals surface area contributed by atoms with Crippen LogP contribution in [0.4, 0.5) is 0 Å². The van der Waals surface area contributed by atoms with Crippen molar-refractivity contribution in [3.8, 4) is 0 Å². The number of nitrogens with zero attached hydrogens (tertiary/aromatic N) is 2. The minimum atomic E-state index is 0.334. The molecule has 2 heterocycles. The zero-order valence-corrected chi connectivity index (χ0v) is 11.4. The lowest BCUT2D eigenvalue weighted by molar-refractivity contribution is 0.0239. The number of piperazine rings is 1. The second-order valence-electron chi connectivity index (χ2n) is 5.75. The van der Waals surface area contributed by atoms with E-state index >= 15 is 0 Å². The van der Waals surface area contributed by atoms with E-state index in [0.29, 0.717) is 5.54 Å². The molecule has 2 fully saturated rings. The van der Waals surface area contributed by atoms with Crippen LogP contribution in [-0.2, 0) is 4.74 Å². The third-order valence-corrected chi connectivity index (χ3v) is 4.12. The predicted octanol–water partition coefficient (Wildman–Crippen LogP) is 0.393. The van der Waals surface area contributed by atoms with Crippen LogP contribution in [0.1, 0.15) is 20.3 Å². The van der Waals surface area contributed by atoms with Gasteiger partial charge < -0.3 is 10.1 Å². The molecule has 1 N–H and O–H groups in total. The van der Waals surface area contributed by atoms with Crippen LogP contribution in [0, 0.1) is 0 Å². The van der Waals surface area contributed by atoms with E-state index in [1.165, 1.54) is 26.1 Å². The van der Waals surface area contributed by atoms with E-state index in [1.807, 2.05) is 0 Å². The zero-order chi connectivity index (χ0) is 12.1. The molecule has 0 bridgehead atoms. The second-order valence-corrected chi connectivity index (χ2v) is 5.75. The Morgan fingerprint density at radius 3 is 2.35 bits per heavy atom. The number of morpholine rings is 1. The molecule has 0 spiro atoms. The Morgan fingerprint density at radius 2 is 1.71 bits per heavy atom. The first kappa shape index (κ1) is 13.3. The van der Waals surface area contributed by atoms with Gasteiger partial charge in [0.05, 0.1) is 13.2 Å². The van der Waals surface area contributed by atoms with E-state index in [-0.39, 0.29) is 0 Å². The Kier molecular flexibility index (Phi) is 4.79. The van der Waals surface area contributed by atoms with Crippen LogP contribution in [0.15, 0.2) is 0 Å². The van der Waals surface area contributed by atoms with Gasteiger partial charge in [0.25, 0.3) is 0 Å². The molecule has 4 nitrogen and oxygen atoms in total. The molecule has 0 atom stereocenters. The average Bonchev–Trinajstić information content (AvgIpc) is 2.39. The maximum Gasteiger partial charge on any atom is 0.0594 e. The van der Waals surface area contributed by atoms with Crippen LogP contribution in [0.3, 0.4) is 0 Å². The highest BCUT2D eigenvalue weighted by Crippen LogP contribution is 2.20. The van der Waals surface area contributed by atoms with Gasteiger partial charge in [-0.2, -0.15) is 0 Å². The highest BCUT2D eigenvalue weighted by Gasteiger charge is 2.28. The lowest BCUT2D eigenvalue weighted by Gasteiger charge is -2.42. The summed E-state index contributed by atoms with van der Waals surface area (Å²) in [5.41, 5.74) is 0.334. The van der Waals surface area contributed by atoms with Crippen molar-refractivity contribution < 1.29 is 4.74 Å². The molecular weight excluding hydrogens is 214 g/mol. The molecule has 2 aliphatic rings. The molecule has 0 saturated carbocycles. The van der Waals surface area contributed by atoms with Crippen LogP contribution < -0.4 is 5.32 Å². The molecule has 2 saturated heterocycles. The highest BCUT2D eigenvalue weighted by molar-refractivity contribution is 4.85. The first-order valence-corrected chi connectivity index (χ1v) is 6.94. The van der Waals surface area contributed by atoms with Crippen molar-refractivity contribution in [2.75, 3.05) is 59.0 Å². The van der Waals surface area contributed by atoms with Gasteiger partial charge in [-0.25, -0.2) is 0 Å². The van der Waals surface area contributed by atoms with Crippen molar-refractivity contribution in [2.24, 2.45) is 0 Å². The largest absolute Gasteiger partial charge is 0.379 e. The van der Waals surface area contributed by atoms with Gasteiger partial charge in [0.2, 0.25) is 0 Å². The lowest BCUT2D eigenvalue weighted by Crippen LogP contribution is -2.54. The van der Waals surface area contributed by atoms with Gasteiger partial charge in [-0.05, 0) is 20.3 Å². The van der Waals surface area contributed by atoms with Crippen molar-refractivity contribution in [3.63, 3.8) is 0 Å². The zero-order valence-electron chi connectivity index (χ0n) is 11.4. The second kappa shape index (κ2) is 6.14. The van der Waals surface area contributed by atoms with Gasteiger partial charge in [-0.3, -0.25) is 9.80 Å². The third kappa shape index (κ3) is 3.91. The standard InChI is InChI=1S/C13H27N3O/c1-13(2,16-7-4-14-5-8-16)3-6-15-9-11-17-12-10-15/h14H,3-12H2,1-2H3. The van der Waals surface area contributed by atoms with E-state index in [1.54, 1.807) is 0 Å². The van der Waals surface area contributed by atoms with Gasteiger partial charge in [0.15, 0.2) is 0 Å². The van der Waals surface area contributed by atoms with Crippen LogP contribution >= 0.6 is 0 Å². The Labute approximate surface area is 105 Å². The normalized spacial score (nSPS) is 25.1. The maximum absolute atomic E-state index is 5.39. The highest BCUT2D eigenvalue weighted by atomic mass is 16.5. The number of hydrogen-bond donors (Lipinski definition) is 1. The van der Waals surface area contributed by atoms with Crippen molar-refractivity contribution in [3.05, 3.63) is 0 Å². The quantitative estimate of drug-likeness (QED) is 0.771. The molecule has 100 valence electrons. The van der Waals surface area contributed by atoms with Crippen molar-refractivity contribution in [1.29, 1.82) is 0 Å². The molecule has 2 aliphatic heterocycles. The fourth-order valence-electron chi connectivity index (χ4n) is 2.68. The maximum atomic E-state index is 5.39. The third-order valence-electron chi connectivity index (χ3n) is 4.12. The summed E-state index contributed by atoms with van der Waals surface area (Å²) in [6.07, 6.45) is 1.26. The summed E-state index contributed by atoms with van der Waals surface area (Å²) >= 11 is 0. The minimum Gasteiger partial charge on any atom is -0.379 e. The molecule has 0 amide bonds. The first-order valence-electron chi connectivity index (χ1n) is 6.94. The lowest BCUT2D eigenvalue weighted by atomic mass is 9.96. The predicted molar refractivity (Wildman–Crippen MR) is 70.4 cm³/mol. The van der Waals surface area contributed by atoms with E-state index in [2.05, 4.69) is 29.0 Å². The Morgan fingerprint density at radius 1 is 1.06 bits per heavy atom. The average molecular weight is 241 g/mol. The molecule has 0 radical (unpaired) electrons. The Bertz CT molecular complexity index is 221. The van der Waals surface area contributed by atoms with Crippen molar-refractivity contribution >= 4 is 0 Å². The number of nitrogens with one attached hydrogen (secondary N) is 1. The number of hydrogen-bond acceptors (Lipinski definition) is 4. The molecule has 0 aliphatic carbocycles. The molecule has 0 unspecified atom stereocenters. The Balaban J connectivity index is 1.75. The smallest absolute Gasteiger partial charge is 0.0594 e. The summed E-state index contributed by atoms with van der Waals surface area (Å²) in [5, 5.41) is 3.42. The van der Waals surface area contributed by atoms with Gasteiger partial charge in [-0.15, -0.1) is 0 Å². The van der Waals surface area contributed by atoms with Gasteiger partial charge >= 0.3 is 0 Å². The summed E-state index contributed by atoms with van der Waals surface area (Å²) in [4.78, 5) is 5.16. The minimum absolute atomic E-state index is 0.334. The van der Waals surface area contributed by atoms with E-state index < -0.39 is 0 Å². The van der Waals surface area contributed by atoms with Crippen LogP contribution in [0.5, 0.6) is 0 Å². The Hall–Kier alpha value is -0.160. The summed E-state index contributed by atoms with van der Waals surface area (Å²) in [5.74, 6) is 0. The van der Waals surface area contributed by atoms with Gasteiger partial charge in [-0.1, -0.05) is 0 Å². The molecule has 0 aromatic heterocycles. The summed E-state index contributed by atoms with van der Waals surface area (Å²) in [7, 11) is 0. The summed E-state index contributed by atoms with van der Waals surface area (Å²) in [6.45, 7) is 14.7. The molecular formula is C13H27N3O. The van der Waals surface area contributed by atoms with Crippen LogP contribution in [-0.4, -0.2) is 74.4 Å². The molecule has 17 heavy (non-hydrogen) atoms. The number of ether oxygens (including phenoxy) is 1. The fourth-order valence-corrected chi connectivity index (χ4v) is 2.68. The molecule has 0 aromatic carbocycles. The molecule has 2 rings (SSSR count). The monoisotopic (exact) mass is 241 g/mol. The van der Waals surface area contributed by atoms with E-state index in [4.69, 9.17) is 4.74 Å². The van der Waals surface area contributed by atoms with Gasteiger partial charge in [0, 0.05) is 51.4 Å². The molecule has 0 aromatic rings. The fraction of sp³-hybridized carbons (Fsp3) is 1.00.